The SMILES string of the molecule is Cc1cccc(NC(=O)[C@H](Cc2ccccc2)N2Cc3ccccc3C2=O)n1. The van der Waals surface area contributed by atoms with Crippen molar-refractivity contribution in [3.8, 4) is 0 Å². The first-order valence-electron chi connectivity index (χ1n) is 9.29. The van der Waals surface area contributed by atoms with Gasteiger partial charge in [-0.05, 0) is 36.2 Å². The first kappa shape index (κ1) is 17.9. The van der Waals surface area contributed by atoms with E-state index in [1.54, 1.807) is 11.0 Å². The number of pyridine rings is 1. The van der Waals surface area contributed by atoms with E-state index >= 15 is 0 Å². The van der Waals surface area contributed by atoms with E-state index in [4.69, 9.17) is 0 Å². The maximum absolute atomic E-state index is 13.2. The summed E-state index contributed by atoms with van der Waals surface area (Å²) in [6, 6.07) is 22.1. The first-order chi connectivity index (χ1) is 13.6. The molecule has 0 aliphatic carbocycles. The molecular weight excluding hydrogens is 350 g/mol. The molecule has 1 aromatic heterocycles. The Labute approximate surface area is 164 Å². The Kier molecular flexibility index (Phi) is 4.89. The molecule has 0 bridgehead atoms. The molecule has 2 heterocycles. The Bertz CT molecular complexity index is 1020. The number of rotatable bonds is 5. The van der Waals surface area contributed by atoms with Crippen LogP contribution >= 0.6 is 0 Å². The molecule has 28 heavy (non-hydrogen) atoms. The van der Waals surface area contributed by atoms with Crippen LogP contribution in [-0.2, 0) is 17.8 Å². The topological polar surface area (TPSA) is 62.3 Å². The van der Waals surface area contributed by atoms with Crippen molar-refractivity contribution in [1.82, 2.24) is 9.88 Å². The number of carbonyl (C=O) groups excluding carboxylic acids is 2. The average molecular weight is 371 g/mol. The van der Waals surface area contributed by atoms with Gasteiger partial charge in [0.05, 0.1) is 0 Å². The van der Waals surface area contributed by atoms with Crippen LogP contribution < -0.4 is 5.32 Å². The molecule has 0 fully saturated rings. The van der Waals surface area contributed by atoms with E-state index in [9.17, 15) is 9.59 Å². The number of aromatic nitrogens is 1. The molecule has 0 radical (unpaired) electrons. The van der Waals surface area contributed by atoms with Crippen molar-refractivity contribution in [2.75, 3.05) is 5.32 Å². The molecule has 0 saturated heterocycles. The molecule has 5 heteroatoms. The van der Waals surface area contributed by atoms with Crippen LogP contribution in [-0.4, -0.2) is 27.7 Å². The molecule has 0 saturated carbocycles. The Balaban J connectivity index is 1.63. The Morgan fingerprint density at radius 3 is 2.54 bits per heavy atom. The number of carbonyl (C=O) groups is 2. The van der Waals surface area contributed by atoms with Crippen molar-refractivity contribution < 1.29 is 9.59 Å². The highest BCUT2D eigenvalue weighted by Crippen LogP contribution is 2.26. The molecule has 1 N–H and O–H groups in total. The third kappa shape index (κ3) is 3.64. The molecule has 0 unspecified atom stereocenters. The second-order valence-corrected chi connectivity index (χ2v) is 6.95. The Hall–Kier alpha value is -3.47. The van der Waals surface area contributed by atoms with Crippen LogP contribution in [0.1, 0.15) is 27.2 Å². The van der Waals surface area contributed by atoms with E-state index < -0.39 is 6.04 Å². The van der Waals surface area contributed by atoms with Crippen molar-refractivity contribution in [1.29, 1.82) is 0 Å². The largest absolute Gasteiger partial charge is 0.322 e. The summed E-state index contributed by atoms with van der Waals surface area (Å²) in [5.41, 5.74) is 3.44. The summed E-state index contributed by atoms with van der Waals surface area (Å²) in [5.74, 6) is 0.152. The lowest BCUT2D eigenvalue weighted by Gasteiger charge is -2.27. The summed E-state index contributed by atoms with van der Waals surface area (Å²) < 4.78 is 0. The van der Waals surface area contributed by atoms with E-state index in [0.717, 1.165) is 16.8 Å². The zero-order chi connectivity index (χ0) is 19.5. The van der Waals surface area contributed by atoms with Crippen molar-refractivity contribution in [2.45, 2.75) is 25.9 Å². The van der Waals surface area contributed by atoms with Crippen LogP contribution in [0.3, 0.4) is 0 Å². The third-order valence-corrected chi connectivity index (χ3v) is 4.94. The highest BCUT2D eigenvalue weighted by Gasteiger charge is 2.36. The fourth-order valence-electron chi connectivity index (χ4n) is 3.53. The molecule has 1 aliphatic heterocycles. The average Bonchev–Trinajstić information content (AvgIpc) is 3.03. The van der Waals surface area contributed by atoms with Gasteiger partial charge in [0.1, 0.15) is 11.9 Å². The highest BCUT2D eigenvalue weighted by molar-refractivity contribution is 6.03. The van der Waals surface area contributed by atoms with Gasteiger partial charge < -0.3 is 10.2 Å². The van der Waals surface area contributed by atoms with Gasteiger partial charge in [-0.15, -0.1) is 0 Å². The molecule has 4 rings (SSSR count). The summed E-state index contributed by atoms with van der Waals surface area (Å²) in [5, 5.41) is 2.88. The van der Waals surface area contributed by atoms with Gasteiger partial charge in [0.25, 0.3) is 5.91 Å². The summed E-state index contributed by atoms with van der Waals surface area (Å²) in [7, 11) is 0. The molecule has 140 valence electrons. The van der Waals surface area contributed by atoms with Gasteiger partial charge in [0.15, 0.2) is 0 Å². The lowest BCUT2D eigenvalue weighted by atomic mass is 10.0. The van der Waals surface area contributed by atoms with Crippen molar-refractivity contribution >= 4 is 17.6 Å². The number of amides is 2. The maximum Gasteiger partial charge on any atom is 0.255 e. The van der Waals surface area contributed by atoms with Gasteiger partial charge in [-0.3, -0.25) is 9.59 Å². The monoisotopic (exact) mass is 371 g/mol. The molecule has 1 atom stereocenters. The fourth-order valence-corrected chi connectivity index (χ4v) is 3.53. The molecular formula is C23H21N3O2. The minimum Gasteiger partial charge on any atom is -0.322 e. The first-order valence-corrected chi connectivity index (χ1v) is 9.29. The second-order valence-electron chi connectivity index (χ2n) is 6.95. The van der Waals surface area contributed by atoms with Crippen molar-refractivity contribution in [3.63, 3.8) is 0 Å². The lowest BCUT2D eigenvalue weighted by molar-refractivity contribution is -0.120. The number of hydrogen-bond donors (Lipinski definition) is 1. The van der Waals surface area contributed by atoms with E-state index in [1.807, 2.05) is 73.7 Å². The Morgan fingerprint density at radius 1 is 1.04 bits per heavy atom. The zero-order valence-corrected chi connectivity index (χ0v) is 15.6. The van der Waals surface area contributed by atoms with Gasteiger partial charge in [-0.1, -0.05) is 54.6 Å². The van der Waals surface area contributed by atoms with Crippen LogP contribution in [0.2, 0.25) is 0 Å². The molecule has 0 spiro atoms. The van der Waals surface area contributed by atoms with Crippen LogP contribution in [0.15, 0.2) is 72.8 Å². The number of fused-ring (bicyclic) bond motifs is 1. The Morgan fingerprint density at radius 2 is 1.79 bits per heavy atom. The lowest BCUT2D eigenvalue weighted by Crippen LogP contribution is -2.45. The fraction of sp³-hybridized carbons (Fsp3) is 0.174. The quantitative estimate of drug-likeness (QED) is 0.745. The van der Waals surface area contributed by atoms with Crippen molar-refractivity contribution in [2.24, 2.45) is 0 Å². The predicted molar refractivity (Wildman–Crippen MR) is 108 cm³/mol. The highest BCUT2D eigenvalue weighted by atomic mass is 16.2. The van der Waals surface area contributed by atoms with Crippen LogP contribution in [0.25, 0.3) is 0 Å². The smallest absolute Gasteiger partial charge is 0.255 e. The molecule has 2 amide bonds. The minimum absolute atomic E-state index is 0.108. The normalized spacial score (nSPS) is 13.9. The molecule has 3 aromatic rings. The summed E-state index contributed by atoms with van der Waals surface area (Å²) in [4.78, 5) is 32.1. The second kappa shape index (κ2) is 7.64. The van der Waals surface area contributed by atoms with Crippen molar-refractivity contribution in [3.05, 3.63) is 95.2 Å². The minimum atomic E-state index is -0.621. The standard InChI is InChI=1S/C23H21N3O2/c1-16-8-7-13-21(24-16)25-22(27)20(14-17-9-3-2-4-10-17)26-15-18-11-5-6-12-19(18)23(26)28/h2-13,20H,14-15H2,1H3,(H,24,25,27)/t20-/m0/s1. The summed E-state index contributed by atoms with van der Waals surface area (Å²) >= 11 is 0. The zero-order valence-electron chi connectivity index (χ0n) is 15.6. The summed E-state index contributed by atoms with van der Waals surface area (Å²) in [6.07, 6.45) is 0.443. The van der Waals surface area contributed by atoms with E-state index in [2.05, 4.69) is 10.3 Å². The number of hydrogen-bond acceptors (Lipinski definition) is 3. The number of aryl methyl sites for hydroxylation is 1. The van der Waals surface area contributed by atoms with E-state index in [-0.39, 0.29) is 11.8 Å². The van der Waals surface area contributed by atoms with Gasteiger partial charge in [-0.25, -0.2) is 4.98 Å². The van der Waals surface area contributed by atoms with Crippen LogP contribution in [0.5, 0.6) is 0 Å². The number of anilines is 1. The number of nitrogens with zero attached hydrogens (tertiary/aromatic N) is 2. The van der Waals surface area contributed by atoms with Crippen LogP contribution in [0, 0.1) is 6.92 Å². The molecule has 1 aliphatic rings. The maximum atomic E-state index is 13.2. The number of nitrogens with one attached hydrogen (secondary N) is 1. The van der Waals surface area contributed by atoms with E-state index in [1.165, 1.54) is 0 Å². The van der Waals surface area contributed by atoms with E-state index in [0.29, 0.717) is 24.3 Å². The summed E-state index contributed by atoms with van der Waals surface area (Å²) in [6.45, 7) is 2.30. The van der Waals surface area contributed by atoms with Crippen LogP contribution in [0.4, 0.5) is 5.82 Å². The van der Waals surface area contributed by atoms with Gasteiger partial charge in [-0.2, -0.15) is 0 Å². The van der Waals surface area contributed by atoms with Gasteiger partial charge >= 0.3 is 0 Å². The number of benzene rings is 2. The van der Waals surface area contributed by atoms with Gasteiger partial charge in [0, 0.05) is 24.2 Å². The van der Waals surface area contributed by atoms with Gasteiger partial charge in [0.2, 0.25) is 5.91 Å². The predicted octanol–water partition coefficient (Wildman–Crippen LogP) is 3.60. The third-order valence-electron chi connectivity index (χ3n) is 4.94. The molecule has 2 aromatic carbocycles. The molecule has 5 nitrogen and oxygen atoms in total.